The smallest absolute Gasteiger partial charge is 0.311 e. The van der Waals surface area contributed by atoms with E-state index in [2.05, 4.69) is 10.3 Å². The summed E-state index contributed by atoms with van der Waals surface area (Å²) in [5.74, 6) is -0.683. The number of hydrogen-bond acceptors (Lipinski definition) is 4. The molecule has 5 heteroatoms. The van der Waals surface area contributed by atoms with Gasteiger partial charge in [0.1, 0.15) is 12.1 Å². The SMILES string of the molecule is N#CC1(C#N)N=CNC1=O. The molecule has 1 N–H and O–H groups in total. The lowest BCUT2D eigenvalue weighted by Gasteiger charge is -2.00. The van der Waals surface area contributed by atoms with Gasteiger partial charge in [0, 0.05) is 0 Å². The van der Waals surface area contributed by atoms with Gasteiger partial charge in [-0.15, -0.1) is 0 Å². The summed E-state index contributed by atoms with van der Waals surface area (Å²) in [5, 5.41) is 18.8. The van der Waals surface area contributed by atoms with Gasteiger partial charge >= 0.3 is 5.54 Å². The van der Waals surface area contributed by atoms with Crippen molar-refractivity contribution >= 4 is 12.2 Å². The molecule has 0 spiro atoms. The van der Waals surface area contributed by atoms with E-state index in [4.69, 9.17) is 10.5 Å². The maximum absolute atomic E-state index is 10.7. The molecular formula is C5H2N4O. The second kappa shape index (κ2) is 1.82. The van der Waals surface area contributed by atoms with Crippen LogP contribution in [0.1, 0.15) is 0 Å². The molecule has 0 fully saturated rings. The zero-order valence-corrected chi connectivity index (χ0v) is 4.83. The van der Waals surface area contributed by atoms with E-state index in [0.29, 0.717) is 0 Å². The van der Waals surface area contributed by atoms with Crippen molar-refractivity contribution in [1.82, 2.24) is 5.32 Å². The van der Waals surface area contributed by atoms with Crippen molar-refractivity contribution in [3.8, 4) is 12.1 Å². The molecule has 0 aliphatic carbocycles. The fourth-order valence-electron chi connectivity index (χ4n) is 0.535. The standard InChI is InChI=1S/C5H2N4O/c6-1-5(2-7)4(10)8-3-9-5/h3H,(H,8,9,10). The van der Waals surface area contributed by atoms with Crippen LogP contribution in [0.3, 0.4) is 0 Å². The monoisotopic (exact) mass is 134 g/mol. The van der Waals surface area contributed by atoms with Crippen molar-refractivity contribution in [3.05, 3.63) is 0 Å². The predicted molar refractivity (Wildman–Crippen MR) is 30.6 cm³/mol. The average molecular weight is 134 g/mol. The van der Waals surface area contributed by atoms with E-state index in [9.17, 15) is 4.79 Å². The number of carbonyl (C=O) groups excluding carboxylic acids is 1. The van der Waals surface area contributed by atoms with Gasteiger partial charge in [-0.3, -0.25) is 4.79 Å². The molecule has 0 radical (unpaired) electrons. The molecule has 1 amide bonds. The first-order valence-corrected chi connectivity index (χ1v) is 2.42. The third kappa shape index (κ3) is 0.547. The number of nitrogens with one attached hydrogen (secondary N) is 1. The number of carbonyl (C=O) groups is 1. The summed E-state index contributed by atoms with van der Waals surface area (Å²) >= 11 is 0. The van der Waals surface area contributed by atoms with E-state index >= 15 is 0 Å². The molecule has 0 saturated heterocycles. The molecule has 0 aromatic heterocycles. The molecule has 1 rings (SSSR count). The second-order valence-corrected chi connectivity index (χ2v) is 1.67. The van der Waals surface area contributed by atoms with Gasteiger partial charge in [-0.05, 0) is 0 Å². The summed E-state index contributed by atoms with van der Waals surface area (Å²) in [5.41, 5.74) is -1.83. The molecule has 1 aliphatic rings. The Morgan fingerprint density at radius 3 is 2.40 bits per heavy atom. The first-order valence-electron chi connectivity index (χ1n) is 2.42. The Morgan fingerprint density at radius 1 is 1.60 bits per heavy atom. The van der Waals surface area contributed by atoms with Crippen molar-refractivity contribution in [1.29, 1.82) is 10.5 Å². The van der Waals surface area contributed by atoms with Crippen LogP contribution in [0.4, 0.5) is 0 Å². The van der Waals surface area contributed by atoms with Crippen LogP contribution in [0.2, 0.25) is 0 Å². The molecule has 0 unspecified atom stereocenters. The van der Waals surface area contributed by atoms with Gasteiger partial charge in [0.25, 0.3) is 5.91 Å². The predicted octanol–water partition coefficient (Wildman–Crippen LogP) is -1.07. The quantitative estimate of drug-likeness (QED) is 0.457. The molecule has 0 atom stereocenters. The van der Waals surface area contributed by atoms with Crippen molar-refractivity contribution < 1.29 is 4.79 Å². The number of nitrogens with zero attached hydrogens (tertiary/aromatic N) is 3. The van der Waals surface area contributed by atoms with Gasteiger partial charge in [-0.2, -0.15) is 10.5 Å². The number of rotatable bonds is 0. The third-order valence-corrected chi connectivity index (χ3v) is 1.11. The second-order valence-electron chi connectivity index (χ2n) is 1.67. The van der Waals surface area contributed by atoms with Gasteiger partial charge in [-0.1, -0.05) is 0 Å². The van der Waals surface area contributed by atoms with E-state index in [1.54, 1.807) is 0 Å². The number of amides is 1. The zero-order chi connectivity index (χ0) is 7.61. The van der Waals surface area contributed by atoms with Crippen LogP contribution in [0.5, 0.6) is 0 Å². The summed E-state index contributed by atoms with van der Waals surface area (Å²) < 4.78 is 0. The topological polar surface area (TPSA) is 89.0 Å². The Kier molecular flexibility index (Phi) is 1.13. The number of aliphatic imine (C=N–C) groups is 1. The lowest BCUT2D eigenvalue weighted by atomic mass is 10.1. The Hall–Kier alpha value is -1.88. The van der Waals surface area contributed by atoms with E-state index in [0.717, 1.165) is 6.34 Å². The van der Waals surface area contributed by atoms with E-state index < -0.39 is 11.4 Å². The Morgan fingerprint density at radius 2 is 2.20 bits per heavy atom. The maximum Gasteiger partial charge on any atom is 0.311 e. The van der Waals surface area contributed by atoms with Crippen LogP contribution >= 0.6 is 0 Å². The molecule has 48 valence electrons. The van der Waals surface area contributed by atoms with Crippen LogP contribution in [0.15, 0.2) is 4.99 Å². The fourth-order valence-corrected chi connectivity index (χ4v) is 0.535. The molecule has 0 aromatic carbocycles. The minimum absolute atomic E-state index is 0.683. The van der Waals surface area contributed by atoms with Crippen molar-refractivity contribution in [2.45, 2.75) is 5.54 Å². The highest BCUT2D eigenvalue weighted by molar-refractivity contribution is 6.04. The van der Waals surface area contributed by atoms with Crippen LogP contribution in [0.25, 0.3) is 0 Å². The average Bonchev–Trinajstić information content (AvgIpc) is 2.32. The van der Waals surface area contributed by atoms with Gasteiger partial charge < -0.3 is 5.32 Å². The lowest BCUT2D eigenvalue weighted by molar-refractivity contribution is -0.120. The summed E-state index contributed by atoms with van der Waals surface area (Å²) in [6, 6.07) is 3.01. The summed E-state index contributed by atoms with van der Waals surface area (Å²) in [4.78, 5) is 14.1. The Balaban J connectivity index is 3.10. The van der Waals surface area contributed by atoms with Gasteiger partial charge in [-0.25, -0.2) is 4.99 Å². The van der Waals surface area contributed by atoms with E-state index in [1.165, 1.54) is 12.1 Å². The van der Waals surface area contributed by atoms with Gasteiger partial charge in [0.2, 0.25) is 0 Å². The highest BCUT2D eigenvalue weighted by Crippen LogP contribution is 2.10. The Bertz CT molecular complexity index is 265. The fraction of sp³-hybridized carbons (Fsp3) is 0.200. The van der Waals surface area contributed by atoms with Crippen LogP contribution in [-0.2, 0) is 4.79 Å². The Labute approximate surface area is 56.6 Å². The van der Waals surface area contributed by atoms with Crippen LogP contribution in [0, 0.1) is 22.7 Å². The minimum Gasteiger partial charge on any atom is -0.313 e. The molecule has 0 aromatic rings. The number of nitriles is 2. The first-order chi connectivity index (χ1) is 4.75. The van der Waals surface area contributed by atoms with E-state index in [-0.39, 0.29) is 0 Å². The molecule has 5 nitrogen and oxygen atoms in total. The summed E-state index contributed by atoms with van der Waals surface area (Å²) in [6.45, 7) is 0. The third-order valence-electron chi connectivity index (χ3n) is 1.11. The minimum atomic E-state index is -1.83. The summed E-state index contributed by atoms with van der Waals surface area (Å²) in [7, 11) is 0. The molecule has 10 heavy (non-hydrogen) atoms. The summed E-state index contributed by atoms with van der Waals surface area (Å²) in [6.07, 6.45) is 1.05. The van der Waals surface area contributed by atoms with Gasteiger partial charge in [0.15, 0.2) is 0 Å². The molecule has 1 aliphatic heterocycles. The number of hydrogen-bond donors (Lipinski definition) is 1. The molecular weight excluding hydrogens is 132 g/mol. The normalized spacial score (nSPS) is 19.2. The van der Waals surface area contributed by atoms with Crippen molar-refractivity contribution in [3.63, 3.8) is 0 Å². The molecule has 0 saturated carbocycles. The van der Waals surface area contributed by atoms with Crippen molar-refractivity contribution in [2.24, 2.45) is 4.99 Å². The molecule has 0 bridgehead atoms. The van der Waals surface area contributed by atoms with Gasteiger partial charge in [0.05, 0.1) is 6.34 Å². The zero-order valence-electron chi connectivity index (χ0n) is 4.83. The highest BCUT2D eigenvalue weighted by Gasteiger charge is 2.41. The largest absolute Gasteiger partial charge is 0.313 e. The van der Waals surface area contributed by atoms with E-state index in [1.807, 2.05) is 0 Å². The lowest BCUT2D eigenvalue weighted by Crippen LogP contribution is -2.35. The highest BCUT2D eigenvalue weighted by atomic mass is 16.2. The van der Waals surface area contributed by atoms with Crippen LogP contribution in [-0.4, -0.2) is 17.8 Å². The maximum atomic E-state index is 10.7. The first kappa shape index (κ1) is 6.24. The van der Waals surface area contributed by atoms with Crippen molar-refractivity contribution in [2.75, 3.05) is 0 Å². The van der Waals surface area contributed by atoms with Crippen LogP contribution < -0.4 is 5.32 Å². The molecule has 1 heterocycles.